The Hall–Kier alpha value is -1.20. The van der Waals surface area contributed by atoms with Crippen molar-refractivity contribution in [3.8, 4) is 0 Å². The first kappa shape index (κ1) is 12.3. The zero-order valence-electron chi connectivity index (χ0n) is 10.5. The molecule has 2 N–H and O–H groups in total. The van der Waals surface area contributed by atoms with Crippen molar-refractivity contribution >= 4 is 27.4 Å². The number of nitrogens with zero attached hydrogens (tertiary/aromatic N) is 3. The third-order valence-electron chi connectivity index (χ3n) is 2.70. The van der Waals surface area contributed by atoms with Crippen molar-refractivity contribution in [3.05, 3.63) is 17.3 Å². The van der Waals surface area contributed by atoms with Crippen LogP contribution in [-0.2, 0) is 0 Å². The molecule has 2 aromatic rings. The van der Waals surface area contributed by atoms with E-state index in [9.17, 15) is 0 Å². The van der Waals surface area contributed by atoms with Crippen LogP contribution in [0.2, 0.25) is 0 Å². The minimum absolute atomic E-state index is 0.386. The fourth-order valence-electron chi connectivity index (χ4n) is 1.94. The molecule has 0 spiro atoms. The van der Waals surface area contributed by atoms with E-state index in [1.54, 1.807) is 17.7 Å². The Balaban J connectivity index is 2.51. The number of hydrogen-bond donors (Lipinski definition) is 1. The molecule has 17 heavy (non-hydrogen) atoms. The maximum Gasteiger partial charge on any atom is 0.141 e. The quantitative estimate of drug-likeness (QED) is 0.903. The van der Waals surface area contributed by atoms with Gasteiger partial charge in [0, 0.05) is 24.0 Å². The van der Waals surface area contributed by atoms with E-state index in [0.717, 1.165) is 22.6 Å². The van der Waals surface area contributed by atoms with E-state index in [0.29, 0.717) is 12.6 Å². The number of hydrogen-bond acceptors (Lipinski definition) is 5. The molecule has 0 aliphatic carbocycles. The van der Waals surface area contributed by atoms with Crippen molar-refractivity contribution in [2.24, 2.45) is 5.73 Å². The van der Waals surface area contributed by atoms with Crippen molar-refractivity contribution < 1.29 is 0 Å². The van der Waals surface area contributed by atoms with Gasteiger partial charge in [-0.05, 0) is 26.8 Å². The molecule has 0 unspecified atom stereocenters. The second-order valence-electron chi connectivity index (χ2n) is 4.35. The number of aromatic nitrogens is 2. The van der Waals surface area contributed by atoms with Crippen LogP contribution in [0.25, 0.3) is 10.2 Å². The van der Waals surface area contributed by atoms with Crippen molar-refractivity contribution in [3.63, 3.8) is 0 Å². The van der Waals surface area contributed by atoms with E-state index in [4.69, 9.17) is 5.73 Å². The van der Waals surface area contributed by atoms with Crippen molar-refractivity contribution in [1.29, 1.82) is 0 Å². The van der Waals surface area contributed by atoms with E-state index in [2.05, 4.69) is 41.7 Å². The fourth-order valence-corrected chi connectivity index (χ4v) is 2.78. The van der Waals surface area contributed by atoms with Gasteiger partial charge >= 0.3 is 0 Å². The van der Waals surface area contributed by atoms with E-state index < -0.39 is 0 Å². The summed E-state index contributed by atoms with van der Waals surface area (Å²) in [5, 5.41) is 1.14. The average Bonchev–Trinajstić information content (AvgIpc) is 2.65. The summed E-state index contributed by atoms with van der Waals surface area (Å²) in [6, 6.07) is 2.54. The summed E-state index contributed by atoms with van der Waals surface area (Å²) in [6.45, 7) is 7.86. The van der Waals surface area contributed by atoms with Gasteiger partial charge in [-0.3, -0.25) is 0 Å². The Kier molecular flexibility index (Phi) is 3.59. The standard InChI is InChI=1S/C12H18N4S/c1-8(2)16(5-4-13)11-10-6-9(3)17-12(10)15-7-14-11/h6-8H,4-5,13H2,1-3H3. The Morgan fingerprint density at radius 3 is 2.82 bits per heavy atom. The summed E-state index contributed by atoms with van der Waals surface area (Å²) in [6.07, 6.45) is 1.64. The van der Waals surface area contributed by atoms with Crippen LogP contribution < -0.4 is 10.6 Å². The second kappa shape index (κ2) is 4.98. The molecule has 0 saturated carbocycles. The SMILES string of the molecule is Cc1cc2c(N(CCN)C(C)C)ncnc2s1. The van der Waals surface area contributed by atoms with Gasteiger partial charge in [0.05, 0.1) is 5.39 Å². The Bertz CT molecular complexity index is 506. The van der Waals surface area contributed by atoms with Gasteiger partial charge in [-0.25, -0.2) is 9.97 Å². The molecule has 0 aromatic carbocycles. The molecule has 5 heteroatoms. The minimum atomic E-state index is 0.386. The Morgan fingerprint density at radius 2 is 2.18 bits per heavy atom. The van der Waals surface area contributed by atoms with Crippen LogP contribution in [0.5, 0.6) is 0 Å². The number of fused-ring (bicyclic) bond motifs is 1. The largest absolute Gasteiger partial charge is 0.352 e. The third kappa shape index (κ3) is 2.40. The van der Waals surface area contributed by atoms with Gasteiger partial charge in [0.1, 0.15) is 17.0 Å². The number of aryl methyl sites for hydroxylation is 1. The lowest BCUT2D eigenvalue weighted by Gasteiger charge is -2.27. The van der Waals surface area contributed by atoms with Gasteiger partial charge in [-0.1, -0.05) is 0 Å². The first-order valence-corrected chi connectivity index (χ1v) is 6.63. The second-order valence-corrected chi connectivity index (χ2v) is 5.58. The fraction of sp³-hybridized carbons (Fsp3) is 0.500. The summed E-state index contributed by atoms with van der Waals surface area (Å²) < 4.78 is 0. The van der Waals surface area contributed by atoms with Crippen LogP contribution >= 0.6 is 11.3 Å². The molecule has 0 fully saturated rings. The molecular weight excluding hydrogens is 232 g/mol. The molecule has 0 aliphatic rings. The smallest absolute Gasteiger partial charge is 0.141 e. The highest BCUT2D eigenvalue weighted by Crippen LogP contribution is 2.30. The van der Waals surface area contributed by atoms with Crippen molar-refractivity contribution in [2.45, 2.75) is 26.8 Å². The molecule has 2 aromatic heterocycles. The summed E-state index contributed by atoms with van der Waals surface area (Å²) >= 11 is 1.70. The van der Waals surface area contributed by atoms with Crippen molar-refractivity contribution in [1.82, 2.24) is 9.97 Å². The lowest BCUT2D eigenvalue weighted by atomic mass is 10.2. The highest BCUT2D eigenvalue weighted by molar-refractivity contribution is 7.18. The van der Waals surface area contributed by atoms with Gasteiger partial charge in [-0.2, -0.15) is 0 Å². The molecule has 2 rings (SSSR count). The van der Waals surface area contributed by atoms with Crippen molar-refractivity contribution in [2.75, 3.05) is 18.0 Å². The van der Waals surface area contributed by atoms with Gasteiger partial charge in [-0.15, -0.1) is 11.3 Å². The average molecular weight is 250 g/mol. The lowest BCUT2D eigenvalue weighted by molar-refractivity contribution is 0.677. The summed E-state index contributed by atoms with van der Waals surface area (Å²) in [5.41, 5.74) is 5.67. The molecule has 0 saturated heterocycles. The van der Waals surface area contributed by atoms with Crippen LogP contribution in [0.1, 0.15) is 18.7 Å². The van der Waals surface area contributed by atoms with Crippen LogP contribution in [0.4, 0.5) is 5.82 Å². The van der Waals surface area contributed by atoms with Gasteiger partial charge in [0.25, 0.3) is 0 Å². The lowest BCUT2D eigenvalue weighted by Crippen LogP contribution is -2.36. The molecule has 0 aliphatic heterocycles. The zero-order valence-corrected chi connectivity index (χ0v) is 11.3. The number of thiophene rings is 1. The number of rotatable bonds is 4. The van der Waals surface area contributed by atoms with E-state index in [-0.39, 0.29) is 0 Å². The maximum absolute atomic E-state index is 5.67. The normalized spacial score (nSPS) is 11.4. The first-order chi connectivity index (χ1) is 8.13. The zero-order chi connectivity index (χ0) is 12.4. The molecule has 0 amide bonds. The molecule has 0 atom stereocenters. The maximum atomic E-state index is 5.67. The Morgan fingerprint density at radius 1 is 1.41 bits per heavy atom. The minimum Gasteiger partial charge on any atom is -0.352 e. The van der Waals surface area contributed by atoms with E-state index in [1.165, 1.54) is 4.88 Å². The highest BCUT2D eigenvalue weighted by Gasteiger charge is 2.15. The van der Waals surface area contributed by atoms with E-state index in [1.807, 2.05) is 0 Å². The first-order valence-electron chi connectivity index (χ1n) is 5.81. The van der Waals surface area contributed by atoms with Crippen LogP contribution in [-0.4, -0.2) is 29.1 Å². The summed E-state index contributed by atoms with van der Waals surface area (Å²) in [7, 11) is 0. The molecular formula is C12H18N4S. The number of anilines is 1. The van der Waals surface area contributed by atoms with Gasteiger partial charge in [0.2, 0.25) is 0 Å². The van der Waals surface area contributed by atoms with Crippen LogP contribution in [0.3, 0.4) is 0 Å². The molecule has 92 valence electrons. The van der Waals surface area contributed by atoms with Gasteiger partial charge in [0.15, 0.2) is 0 Å². The van der Waals surface area contributed by atoms with Gasteiger partial charge < -0.3 is 10.6 Å². The highest BCUT2D eigenvalue weighted by atomic mass is 32.1. The van der Waals surface area contributed by atoms with Crippen LogP contribution in [0.15, 0.2) is 12.4 Å². The predicted octanol–water partition coefficient (Wildman–Crippen LogP) is 2.17. The predicted molar refractivity (Wildman–Crippen MR) is 73.7 cm³/mol. The third-order valence-corrected chi connectivity index (χ3v) is 3.66. The molecule has 0 radical (unpaired) electrons. The molecule has 0 bridgehead atoms. The topological polar surface area (TPSA) is 55.0 Å². The van der Waals surface area contributed by atoms with Crippen LogP contribution in [0, 0.1) is 6.92 Å². The molecule has 2 heterocycles. The van der Waals surface area contributed by atoms with E-state index >= 15 is 0 Å². The summed E-state index contributed by atoms with van der Waals surface area (Å²) in [5.74, 6) is 1.000. The number of nitrogens with two attached hydrogens (primary N) is 1. The summed E-state index contributed by atoms with van der Waals surface area (Å²) in [4.78, 5) is 13.3. The Labute approximate surface area is 105 Å². The monoisotopic (exact) mass is 250 g/mol. The molecule has 4 nitrogen and oxygen atoms in total.